The molecule has 1 aliphatic rings. The van der Waals surface area contributed by atoms with E-state index >= 15 is 0 Å². The van der Waals surface area contributed by atoms with Gasteiger partial charge in [0.05, 0.1) is 18.8 Å². The molecule has 0 radical (unpaired) electrons. The van der Waals surface area contributed by atoms with E-state index in [1.807, 2.05) is 49.6 Å². The van der Waals surface area contributed by atoms with Gasteiger partial charge in [0, 0.05) is 23.2 Å². The molecule has 3 rings (SSSR count). The minimum atomic E-state index is -0.940. The molecule has 2 aromatic rings. The second-order valence-corrected chi connectivity index (χ2v) is 8.06. The van der Waals surface area contributed by atoms with Crippen LogP contribution in [0.2, 0.25) is 0 Å². The zero-order chi connectivity index (χ0) is 21.7. The molecular formula is C22H27N3O4S. The maximum atomic E-state index is 13.3. The molecular weight excluding hydrogens is 402 g/mol. The second kappa shape index (κ2) is 9.30. The van der Waals surface area contributed by atoms with Gasteiger partial charge in [0.25, 0.3) is 0 Å². The number of nitrogens with zero attached hydrogens (tertiary/aromatic N) is 1. The molecule has 1 aliphatic heterocycles. The van der Waals surface area contributed by atoms with Crippen molar-refractivity contribution in [3.8, 4) is 0 Å². The molecule has 1 aromatic carbocycles. The van der Waals surface area contributed by atoms with Crippen LogP contribution in [0, 0.1) is 5.92 Å². The average molecular weight is 430 g/mol. The zero-order valence-electron chi connectivity index (χ0n) is 17.6. The highest BCUT2D eigenvalue weighted by atomic mass is 32.1. The van der Waals surface area contributed by atoms with E-state index in [1.165, 1.54) is 11.3 Å². The van der Waals surface area contributed by atoms with E-state index in [4.69, 9.17) is 9.47 Å². The smallest absolute Gasteiger partial charge is 0.336 e. The number of thiazole rings is 1. The van der Waals surface area contributed by atoms with Crippen LogP contribution in [0.4, 0.5) is 5.13 Å². The third kappa shape index (κ3) is 4.33. The molecule has 8 heteroatoms. The van der Waals surface area contributed by atoms with Gasteiger partial charge >= 0.3 is 11.9 Å². The van der Waals surface area contributed by atoms with Gasteiger partial charge in [-0.2, -0.15) is 0 Å². The van der Waals surface area contributed by atoms with Gasteiger partial charge in [-0.05, 0) is 33.3 Å². The number of carbonyl (C=O) groups is 2. The summed E-state index contributed by atoms with van der Waals surface area (Å²) in [6.45, 7) is 7.73. The molecule has 2 N–H and O–H groups in total. The molecule has 2 heterocycles. The predicted octanol–water partition coefficient (Wildman–Crippen LogP) is 3.67. The Bertz CT molecular complexity index is 914. The number of allylic oxidation sites excluding steroid dienone is 1. The highest BCUT2D eigenvalue weighted by Crippen LogP contribution is 2.44. The zero-order valence-corrected chi connectivity index (χ0v) is 18.4. The van der Waals surface area contributed by atoms with Crippen molar-refractivity contribution >= 4 is 28.4 Å². The van der Waals surface area contributed by atoms with Crippen molar-refractivity contribution in [2.45, 2.75) is 39.3 Å². The molecule has 0 amide bonds. The van der Waals surface area contributed by atoms with Crippen molar-refractivity contribution in [2.24, 2.45) is 5.92 Å². The Morgan fingerprint density at radius 3 is 2.50 bits per heavy atom. The van der Waals surface area contributed by atoms with Crippen molar-refractivity contribution in [3.63, 3.8) is 0 Å². The lowest BCUT2D eigenvalue weighted by Gasteiger charge is -2.46. The number of anilines is 1. The van der Waals surface area contributed by atoms with Crippen LogP contribution in [0.1, 0.15) is 39.2 Å². The van der Waals surface area contributed by atoms with Gasteiger partial charge in [0.1, 0.15) is 11.6 Å². The number of nitrogens with one attached hydrogen (secondary N) is 2. The van der Waals surface area contributed by atoms with Crippen LogP contribution in [-0.2, 0) is 19.1 Å². The highest BCUT2D eigenvalue weighted by molar-refractivity contribution is 7.13. The quantitative estimate of drug-likeness (QED) is 0.649. The summed E-state index contributed by atoms with van der Waals surface area (Å²) in [5.74, 6) is -2.14. The molecule has 1 aromatic heterocycles. The highest BCUT2D eigenvalue weighted by Gasteiger charge is 2.52. The normalized spacial score (nSPS) is 23.5. The summed E-state index contributed by atoms with van der Waals surface area (Å²) in [4.78, 5) is 30.5. The summed E-state index contributed by atoms with van der Waals surface area (Å²) in [6.07, 6.45) is 1.69. The lowest BCUT2D eigenvalue weighted by molar-refractivity contribution is -0.152. The van der Waals surface area contributed by atoms with Gasteiger partial charge in [0.15, 0.2) is 5.13 Å². The van der Waals surface area contributed by atoms with E-state index in [2.05, 4.69) is 15.6 Å². The largest absolute Gasteiger partial charge is 0.466 e. The molecule has 0 aliphatic carbocycles. The number of benzene rings is 1. The number of ether oxygens (including phenoxy) is 2. The Labute approximate surface area is 180 Å². The topological polar surface area (TPSA) is 89.5 Å². The fraction of sp³-hybridized carbons (Fsp3) is 0.409. The number of esters is 2. The molecule has 0 fully saturated rings. The Morgan fingerprint density at radius 2 is 1.90 bits per heavy atom. The van der Waals surface area contributed by atoms with Gasteiger partial charge < -0.3 is 20.1 Å². The fourth-order valence-corrected chi connectivity index (χ4v) is 4.64. The summed E-state index contributed by atoms with van der Waals surface area (Å²) < 4.78 is 10.8. The molecule has 0 saturated heterocycles. The van der Waals surface area contributed by atoms with Crippen LogP contribution in [-0.4, -0.2) is 35.8 Å². The van der Waals surface area contributed by atoms with E-state index in [-0.39, 0.29) is 13.2 Å². The maximum Gasteiger partial charge on any atom is 0.336 e. The van der Waals surface area contributed by atoms with Crippen molar-refractivity contribution in [1.29, 1.82) is 0 Å². The summed E-state index contributed by atoms with van der Waals surface area (Å²) in [7, 11) is 0. The Kier molecular flexibility index (Phi) is 6.77. The van der Waals surface area contributed by atoms with Crippen LogP contribution in [0.15, 0.2) is 53.2 Å². The molecule has 30 heavy (non-hydrogen) atoms. The van der Waals surface area contributed by atoms with Crippen molar-refractivity contribution in [1.82, 2.24) is 10.3 Å². The van der Waals surface area contributed by atoms with Gasteiger partial charge in [-0.3, -0.25) is 4.79 Å². The number of aromatic nitrogens is 1. The maximum absolute atomic E-state index is 13.3. The third-order valence-corrected chi connectivity index (χ3v) is 5.80. The predicted molar refractivity (Wildman–Crippen MR) is 116 cm³/mol. The first kappa shape index (κ1) is 21.8. The van der Waals surface area contributed by atoms with Gasteiger partial charge in [-0.25, -0.2) is 9.78 Å². The van der Waals surface area contributed by atoms with Crippen LogP contribution in [0.5, 0.6) is 0 Å². The van der Waals surface area contributed by atoms with E-state index in [0.717, 1.165) is 5.56 Å². The summed E-state index contributed by atoms with van der Waals surface area (Å²) in [5.41, 5.74) is 0.977. The van der Waals surface area contributed by atoms with E-state index in [1.54, 1.807) is 20.0 Å². The van der Waals surface area contributed by atoms with Crippen molar-refractivity contribution < 1.29 is 19.1 Å². The second-order valence-electron chi connectivity index (χ2n) is 7.17. The number of hydrogen-bond acceptors (Lipinski definition) is 8. The Morgan fingerprint density at radius 1 is 1.20 bits per heavy atom. The van der Waals surface area contributed by atoms with Crippen molar-refractivity contribution in [2.75, 3.05) is 18.5 Å². The number of carbonyl (C=O) groups excluding carboxylic acids is 2. The summed E-state index contributed by atoms with van der Waals surface area (Å²) >= 11 is 1.43. The first-order valence-electron chi connectivity index (χ1n) is 9.96. The molecule has 3 atom stereocenters. The lowest BCUT2D eigenvalue weighted by atomic mass is 9.71. The minimum Gasteiger partial charge on any atom is -0.466 e. The van der Waals surface area contributed by atoms with Crippen LogP contribution < -0.4 is 10.6 Å². The molecule has 160 valence electrons. The third-order valence-electron chi connectivity index (χ3n) is 5.11. The number of rotatable bonds is 7. The molecule has 7 nitrogen and oxygen atoms in total. The number of hydrogen-bond donors (Lipinski definition) is 2. The van der Waals surface area contributed by atoms with E-state index in [0.29, 0.717) is 16.4 Å². The first-order valence-corrected chi connectivity index (χ1v) is 10.8. The molecule has 3 unspecified atom stereocenters. The Hall–Kier alpha value is -2.87. The standard InChI is InChI=1S/C22H27N3O4S/c1-5-28-19(26)16-14(3)24-22(4,25-21-23-12-13-30-21)18(20(27)29-6-2)17(16)15-10-8-7-9-11-15/h7-13,17-18,24H,5-6H2,1-4H3,(H,23,25). The van der Waals surface area contributed by atoms with Gasteiger partial charge in [-0.15, -0.1) is 11.3 Å². The Balaban J connectivity index is 2.18. The fourth-order valence-electron chi connectivity index (χ4n) is 4.00. The first-order chi connectivity index (χ1) is 14.4. The van der Waals surface area contributed by atoms with Crippen LogP contribution in [0.3, 0.4) is 0 Å². The van der Waals surface area contributed by atoms with E-state index in [9.17, 15) is 9.59 Å². The lowest BCUT2D eigenvalue weighted by Crippen LogP contribution is -2.62. The minimum absolute atomic E-state index is 0.238. The molecule has 0 bridgehead atoms. The van der Waals surface area contributed by atoms with Crippen LogP contribution in [0.25, 0.3) is 0 Å². The summed E-state index contributed by atoms with van der Waals surface area (Å²) in [6, 6.07) is 9.52. The monoisotopic (exact) mass is 429 g/mol. The van der Waals surface area contributed by atoms with E-state index < -0.39 is 29.4 Å². The van der Waals surface area contributed by atoms with Gasteiger partial charge in [0.2, 0.25) is 0 Å². The van der Waals surface area contributed by atoms with Gasteiger partial charge in [-0.1, -0.05) is 30.3 Å². The van der Waals surface area contributed by atoms with Crippen molar-refractivity contribution in [3.05, 3.63) is 58.7 Å². The summed E-state index contributed by atoms with van der Waals surface area (Å²) in [5, 5.41) is 9.22. The SMILES string of the molecule is CCOC(=O)C1=C(C)NC(C)(Nc2nccs2)C(C(=O)OCC)C1c1ccccc1. The van der Waals surface area contributed by atoms with Crippen LogP contribution >= 0.6 is 11.3 Å². The molecule has 0 saturated carbocycles. The average Bonchev–Trinajstić information content (AvgIpc) is 3.20. The molecule has 0 spiro atoms.